The summed E-state index contributed by atoms with van der Waals surface area (Å²) in [5, 5.41) is 18.0. The molecule has 0 radical (unpaired) electrons. The molecule has 0 saturated carbocycles. The summed E-state index contributed by atoms with van der Waals surface area (Å²) in [7, 11) is 0. The average Bonchev–Trinajstić information content (AvgIpc) is 2.88. The van der Waals surface area contributed by atoms with Gasteiger partial charge in [0.15, 0.2) is 0 Å². The van der Waals surface area contributed by atoms with E-state index in [1.807, 2.05) is 0 Å². The minimum Gasteiger partial charge on any atom is -0.362 e. The predicted molar refractivity (Wildman–Crippen MR) is 77.0 cm³/mol. The molecule has 1 aliphatic heterocycles. The van der Waals surface area contributed by atoms with E-state index in [2.05, 4.69) is 10.2 Å². The summed E-state index contributed by atoms with van der Waals surface area (Å²) in [4.78, 5) is 12.5. The monoisotopic (exact) mass is 352 g/mol. The molecule has 0 spiro atoms. The predicted octanol–water partition coefficient (Wildman–Crippen LogP) is 2.57. The number of carbonyl (C=O) groups is 1. The van der Waals surface area contributed by atoms with Crippen LogP contribution in [0.2, 0.25) is 5.02 Å². The number of rotatable bonds is 2. The second-order valence-corrected chi connectivity index (χ2v) is 5.96. The molecule has 2 atom stereocenters. The van der Waals surface area contributed by atoms with E-state index >= 15 is 0 Å². The van der Waals surface area contributed by atoms with Crippen molar-refractivity contribution in [2.75, 3.05) is 0 Å². The van der Waals surface area contributed by atoms with Crippen molar-refractivity contribution in [1.82, 2.24) is 14.8 Å². The van der Waals surface area contributed by atoms with Crippen molar-refractivity contribution in [3.8, 4) is 0 Å². The first-order valence-electron chi connectivity index (χ1n) is 6.78. The maximum absolute atomic E-state index is 13.2. The van der Waals surface area contributed by atoms with Gasteiger partial charge in [0, 0.05) is 12.1 Å². The summed E-state index contributed by atoms with van der Waals surface area (Å²) in [5.41, 5.74) is -2.43. The Morgan fingerprint density at radius 1 is 1.39 bits per heavy atom. The molecular weight excluding hydrogens is 337 g/mol. The maximum Gasteiger partial charge on any atom is 0.438 e. The molecule has 10 heteroatoms. The first-order valence-corrected chi connectivity index (χ1v) is 7.16. The van der Waals surface area contributed by atoms with Gasteiger partial charge in [0.05, 0.1) is 16.4 Å². The van der Waals surface area contributed by atoms with E-state index in [0.717, 1.165) is 0 Å². The molecule has 128 valence electrons. The molecule has 1 aromatic heterocycles. The van der Waals surface area contributed by atoms with Crippen molar-refractivity contribution >= 4 is 23.2 Å². The van der Waals surface area contributed by atoms with Crippen LogP contribution in [0.4, 0.5) is 13.2 Å². The molecule has 0 saturated heterocycles. The van der Waals surface area contributed by atoms with Gasteiger partial charge < -0.3 is 5.11 Å². The van der Waals surface area contributed by atoms with E-state index in [0.29, 0.717) is 16.4 Å². The Morgan fingerprint density at radius 2 is 1.96 bits per heavy atom. The molecule has 0 bridgehead atoms. The third kappa shape index (κ3) is 2.72. The van der Waals surface area contributed by atoms with Gasteiger partial charge in [-0.05, 0) is 27.7 Å². The van der Waals surface area contributed by atoms with E-state index in [1.54, 1.807) is 13.8 Å². The fourth-order valence-electron chi connectivity index (χ4n) is 2.47. The standard InChI is InChI=1S/C13H16ClF3N4O2/c1-6-5-12(23,13(15,16)17)21(18-6)11(22)9(4)20-8(3)10(14)7(2)19-20/h9,23H,5H2,1-4H3/t9-,12+/m1/s1. The molecule has 0 aliphatic carbocycles. The van der Waals surface area contributed by atoms with Crippen LogP contribution in [-0.2, 0) is 4.79 Å². The highest BCUT2D eigenvalue weighted by molar-refractivity contribution is 6.31. The van der Waals surface area contributed by atoms with Crippen molar-refractivity contribution < 1.29 is 23.1 Å². The van der Waals surface area contributed by atoms with Gasteiger partial charge in [-0.3, -0.25) is 9.48 Å². The number of hydrogen-bond donors (Lipinski definition) is 1. The molecule has 6 nitrogen and oxygen atoms in total. The van der Waals surface area contributed by atoms with Crippen LogP contribution in [0, 0.1) is 13.8 Å². The summed E-state index contributed by atoms with van der Waals surface area (Å²) in [6, 6.07) is -1.11. The quantitative estimate of drug-likeness (QED) is 0.889. The third-order valence-electron chi connectivity index (χ3n) is 3.75. The zero-order valence-electron chi connectivity index (χ0n) is 12.9. The second-order valence-electron chi connectivity index (χ2n) is 5.58. The van der Waals surface area contributed by atoms with Crippen LogP contribution < -0.4 is 0 Å². The zero-order chi connectivity index (χ0) is 17.7. The van der Waals surface area contributed by atoms with Gasteiger partial charge >= 0.3 is 6.18 Å². The number of hydrogen-bond acceptors (Lipinski definition) is 4. The first kappa shape index (κ1) is 17.7. The van der Waals surface area contributed by atoms with Gasteiger partial charge in [0.2, 0.25) is 0 Å². The fourth-order valence-corrected chi connectivity index (χ4v) is 2.60. The van der Waals surface area contributed by atoms with Crippen molar-refractivity contribution in [3.05, 3.63) is 16.4 Å². The van der Waals surface area contributed by atoms with E-state index in [1.165, 1.54) is 18.5 Å². The first-order chi connectivity index (χ1) is 10.4. The number of aromatic nitrogens is 2. The summed E-state index contributed by atoms with van der Waals surface area (Å²) in [6.07, 6.45) is -5.82. The fraction of sp³-hybridized carbons (Fsp3) is 0.615. The molecule has 0 aromatic carbocycles. The summed E-state index contributed by atoms with van der Waals surface area (Å²) in [5.74, 6) is -1.02. The smallest absolute Gasteiger partial charge is 0.362 e. The molecule has 0 unspecified atom stereocenters. The van der Waals surface area contributed by atoms with Crippen LogP contribution in [0.1, 0.15) is 37.7 Å². The van der Waals surface area contributed by atoms with Crippen molar-refractivity contribution in [2.45, 2.75) is 52.1 Å². The average molecular weight is 353 g/mol. The molecule has 0 fully saturated rings. The number of amides is 1. The number of carbonyl (C=O) groups excluding carboxylic acids is 1. The van der Waals surface area contributed by atoms with Gasteiger partial charge in [-0.1, -0.05) is 11.6 Å². The lowest BCUT2D eigenvalue weighted by atomic mass is 10.1. The number of aliphatic hydroxyl groups is 1. The van der Waals surface area contributed by atoms with Crippen LogP contribution in [-0.4, -0.2) is 43.4 Å². The molecule has 23 heavy (non-hydrogen) atoms. The van der Waals surface area contributed by atoms with Gasteiger partial charge in [-0.15, -0.1) is 0 Å². The van der Waals surface area contributed by atoms with Crippen molar-refractivity contribution in [1.29, 1.82) is 0 Å². The van der Waals surface area contributed by atoms with E-state index in [9.17, 15) is 23.1 Å². The zero-order valence-corrected chi connectivity index (χ0v) is 13.7. The number of halogens is 4. The third-order valence-corrected chi connectivity index (χ3v) is 4.29. The molecular formula is C13H16ClF3N4O2. The lowest BCUT2D eigenvalue weighted by Gasteiger charge is -2.34. The van der Waals surface area contributed by atoms with Gasteiger partial charge in [-0.25, -0.2) is 0 Å². The Bertz CT molecular complexity index is 685. The summed E-state index contributed by atoms with van der Waals surface area (Å²) < 4.78 is 40.8. The topological polar surface area (TPSA) is 70.7 Å². The molecule has 1 aliphatic rings. The van der Waals surface area contributed by atoms with Crippen LogP contribution in [0.3, 0.4) is 0 Å². The van der Waals surface area contributed by atoms with Crippen LogP contribution >= 0.6 is 11.6 Å². The summed E-state index contributed by atoms with van der Waals surface area (Å²) in [6.45, 7) is 5.90. The van der Waals surface area contributed by atoms with E-state index < -0.39 is 30.3 Å². The maximum atomic E-state index is 13.2. The number of nitrogens with zero attached hydrogens (tertiary/aromatic N) is 4. The highest BCUT2D eigenvalue weighted by Gasteiger charge is 2.63. The highest BCUT2D eigenvalue weighted by atomic mass is 35.5. The van der Waals surface area contributed by atoms with Crippen molar-refractivity contribution in [3.63, 3.8) is 0 Å². The molecule has 1 N–H and O–H groups in total. The number of hydrazone groups is 1. The van der Waals surface area contributed by atoms with Gasteiger partial charge in [0.1, 0.15) is 6.04 Å². The Hall–Kier alpha value is -1.61. The van der Waals surface area contributed by atoms with Gasteiger partial charge in [0.25, 0.3) is 11.6 Å². The van der Waals surface area contributed by atoms with Crippen LogP contribution in [0.25, 0.3) is 0 Å². The normalized spacial score (nSPS) is 23.2. The van der Waals surface area contributed by atoms with E-state index in [4.69, 9.17) is 11.6 Å². The van der Waals surface area contributed by atoms with Gasteiger partial charge in [-0.2, -0.15) is 28.4 Å². The van der Waals surface area contributed by atoms with E-state index in [-0.39, 0.29) is 10.7 Å². The second kappa shape index (κ2) is 5.48. The molecule has 1 amide bonds. The Morgan fingerprint density at radius 3 is 2.39 bits per heavy atom. The Balaban J connectivity index is 2.40. The Kier molecular flexibility index (Phi) is 4.23. The van der Waals surface area contributed by atoms with Crippen LogP contribution in [0.5, 0.6) is 0 Å². The molecule has 2 heterocycles. The summed E-state index contributed by atoms with van der Waals surface area (Å²) >= 11 is 5.99. The highest BCUT2D eigenvalue weighted by Crippen LogP contribution is 2.41. The number of alkyl halides is 3. The molecule has 1 aromatic rings. The minimum atomic E-state index is -5.03. The SMILES string of the molecule is CC1=NN(C(=O)[C@@H](C)n2nc(C)c(Cl)c2C)[C@@](O)(C(F)(F)F)C1. The van der Waals surface area contributed by atoms with Crippen LogP contribution in [0.15, 0.2) is 5.10 Å². The lowest BCUT2D eigenvalue weighted by molar-refractivity contribution is -0.303. The Labute approximate surface area is 135 Å². The largest absolute Gasteiger partial charge is 0.438 e. The molecule has 2 rings (SSSR count). The number of aryl methyl sites for hydroxylation is 1. The van der Waals surface area contributed by atoms with Crippen molar-refractivity contribution in [2.24, 2.45) is 5.10 Å². The minimum absolute atomic E-state index is 0.0109. The lowest BCUT2D eigenvalue weighted by Crippen LogP contribution is -2.57.